The summed E-state index contributed by atoms with van der Waals surface area (Å²) in [6, 6.07) is 20.5. The summed E-state index contributed by atoms with van der Waals surface area (Å²) >= 11 is 1.75. The van der Waals surface area contributed by atoms with Gasteiger partial charge < -0.3 is 15.2 Å². The molecule has 1 atom stereocenters. The van der Waals surface area contributed by atoms with Crippen molar-refractivity contribution in [2.45, 2.75) is 82.8 Å². The van der Waals surface area contributed by atoms with Gasteiger partial charge in [-0.3, -0.25) is 0 Å². The number of nitrogens with one attached hydrogen (secondary N) is 2. The van der Waals surface area contributed by atoms with Gasteiger partial charge in [0, 0.05) is 30.0 Å². The maximum absolute atomic E-state index is 13.6. The van der Waals surface area contributed by atoms with Crippen molar-refractivity contribution in [2.75, 3.05) is 18.8 Å². The van der Waals surface area contributed by atoms with E-state index in [9.17, 15) is 9.18 Å². The SMILES string of the molecule is CCCCCCCN(CCCCCSc1nc(-c2ccccc2)c(-c2ccccc2)[nH]1)C(=O)NC1CC=C(F)C=C1C. The first-order chi connectivity index (χ1) is 20.5. The molecule has 0 aliphatic heterocycles. The van der Waals surface area contributed by atoms with Gasteiger partial charge in [-0.15, -0.1) is 0 Å². The molecule has 1 aliphatic rings. The molecule has 4 rings (SSSR count). The summed E-state index contributed by atoms with van der Waals surface area (Å²) in [6.45, 7) is 5.60. The molecule has 1 aliphatic carbocycles. The number of amides is 2. The zero-order valence-electron chi connectivity index (χ0n) is 25.1. The van der Waals surface area contributed by atoms with Crippen molar-refractivity contribution in [3.05, 3.63) is 84.2 Å². The lowest BCUT2D eigenvalue weighted by atomic mass is 10.00. The minimum atomic E-state index is -0.217. The van der Waals surface area contributed by atoms with E-state index in [1.165, 1.54) is 25.3 Å². The number of H-pyrrole nitrogens is 1. The lowest BCUT2D eigenvalue weighted by molar-refractivity contribution is 0.192. The number of thioether (sulfide) groups is 1. The summed E-state index contributed by atoms with van der Waals surface area (Å²) in [5, 5.41) is 4.07. The topological polar surface area (TPSA) is 61.0 Å². The molecule has 0 spiro atoms. The van der Waals surface area contributed by atoms with Crippen LogP contribution < -0.4 is 5.32 Å². The van der Waals surface area contributed by atoms with Gasteiger partial charge in [0.2, 0.25) is 0 Å². The van der Waals surface area contributed by atoms with Crippen LogP contribution in [0.2, 0.25) is 0 Å². The van der Waals surface area contributed by atoms with Gasteiger partial charge in [0.05, 0.1) is 17.4 Å². The summed E-state index contributed by atoms with van der Waals surface area (Å²) < 4.78 is 13.6. The number of urea groups is 1. The van der Waals surface area contributed by atoms with Crippen LogP contribution in [-0.2, 0) is 0 Å². The van der Waals surface area contributed by atoms with E-state index >= 15 is 0 Å². The summed E-state index contributed by atoms with van der Waals surface area (Å²) in [7, 11) is 0. The molecule has 2 aromatic carbocycles. The van der Waals surface area contributed by atoms with Gasteiger partial charge in [-0.25, -0.2) is 14.2 Å². The zero-order chi connectivity index (χ0) is 29.6. The molecule has 0 saturated carbocycles. The number of carbonyl (C=O) groups is 1. The standard InChI is InChI=1S/C35H45FN4OS/c1-3-4-5-6-14-23-40(35(41)37-31-22-21-30(36)26-27(31)2)24-15-9-16-25-42-34-38-32(28-17-10-7-11-18-28)33(39-34)29-19-12-8-13-20-29/h7-8,10-13,17-21,26,31H,3-6,9,14-16,22-25H2,1-2H3,(H,37,41)(H,38,39). The molecule has 2 N–H and O–H groups in total. The van der Waals surface area contributed by atoms with Crippen molar-refractivity contribution in [3.8, 4) is 22.5 Å². The number of allylic oxidation sites excluding steroid dienone is 2. The second kappa shape index (κ2) is 17.0. The molecule has 1 aromatic heterocycles. The van der Waals surface area contributed by atoms with Crippen molar-refractivity contribution in [1.82, 2.24) is 20.2 Å². The van der Waals surface area contributed by atoms with E-state index < -0.39 is 0 Å². The van der Waals surface area contributed by atoms with E-state index in [0.29, 0.717) is 6.42 Å². The number of aromatic amines is 1. The second-order valence-electron chi connectivity index (χ2n) is 11.0. The van der Waals surface area contributed by atoms with E-state index in [0.717, 1.165) is 84.2 Å². The van der Waals surface area contributed by atoms with Crippen LogP contribution in [0.1, 0.15) is 71.6 Å². The van der Waals surface area contributed by atoms with E-state index in [-0.39, 0.29) is 17.9 Å². The van der Waals surface area contributed by atoms with Crippen LogP contribution >= 0.6 is 11.8 Å². The molecule has 0 bridgehead atoms. The number of carbonyl (C=O) groups excluding carboxylic acids is 1. The van der Waals surface area contributed by atoms with E-state index in [1.807, 2.05) is 36.1 Å². The normalized spacial score (nSPS) is 14.8. The summed E-state index contributed by atoms with van der Waals surface area (Å²) in [5.41, 5.74) is 5.13. The molecular formula is C35H45FN4OS. The van der Waals surface area contributed by atoms with Crippen LogP contribution in [0.4, 0.5) is 9.18 Å². The number of benzene rings is 2. The fourth-order valence-electron chi connectivity index (χ4n) is 5.22. The molecule has 2 amide bonds. The molecule has 1 unspecified atom stereocenters. The number of halogens is 1. The summed E-state index contributed by atoms with van der Waals surface area (Å²) in [5.74, 6) is 0.745. The van der Waals surface area contributed by atoms with Crippen molar-refractivity contribution < 1.29 is 9.18 Å². The summed E-state index contributed by atoms with van der Waals surface area (Å²) in [4.78, 5) is 23.7. The van der Waals surface area contributed by atoms with Gasteiger partial charge in [0.25, 0.3) is 0 Å². The first kappa shape index (κ1) is 31.6. The Morgan fingerprint density at radius 3 is 2.26 bits per heavy atom. The van der Waals surface area contributed by atoms with Gasteiger partial charge in [-0.1, -0.05) is 111 Å². The predicted molar refractivity (Wildman–Crippen MR) is 174 cm³/mol. The highest BCUT2D eigenvalue weighted by Crippen LogP contribution is 2.32. The number of imidazole rings is 1. The second-order valence-corrected chi connectivity index (χ2v) is 12.1. The Kier molecular flexibility index (Phi) is 12.8. The number of hydrogen-bond donors (Lipinski definition) is 2. The Bertz CT molecular complexity index is 1250. The van der Waals surface area contributed by atoms with E-state index in [1.54, 1.807) is 17.8 Å². The average Bonchev–Trinajstić information content (AvgIpc) is 3.44. The van der Waals surface area contributed by atoms with Crippen molar-refractivity contribution >= 4 is 17.8 Å². The van der Waals surface area contributed by atoms with Gasteiger partial charge in [0.15, 0.2) is 5.16 Å². The minimum absolute atomic E-state index is 0.0363. The van der Waals surface area contributed by atoms with Gasteiger partial charge in [-0.2, -0.15) is 0 Å². The maximum atomic E-state index is 13.6. The van der Waals surface area contributed by atoms with Crippen LogP contribution in [0.3, 0.4) is 0 Å². The van der Waals surface area contributed by atoms with Crippen molar-refractivity contribution in [1.29, 1.82) is 0 Å². The Balaban J connectivity index is 1.27. The van der Waals surface area contributed by atoms with Gasteiger partial charge in [0.1, 0.15) is 5.83 Å². The number of hydrogen-bond acceptors (Lipinski definition) is 3. The Morgan fingerprint density at radius 2 is 1.60 bits per heavy atom. The van der Waals surface area contributed by atoms with E-state index in [4.69, 9.17) is 4.98 Å². The summed E-state index contributed by atoms with van der Waals surface area (Å²) in [6.07, 6.45) is 12.4. The number of aromatic nitrogens is 2. The predicted octanol–water partition coefficient (Wildman–Crippen LogP) is 9.56. The molecule has 0 radical (unpaired) electrons. The average molecular weight is 589 g/mol. The van der Waals surface area contributed by atoms with Crippen molar-refractivity contribution in [3.63, 3.8) is 0 Å². The third-order valence-corrected chi connectivity index (χ3v) is 8.64. The Hall–Kier alpha value is -3.32. The smallest absolute Gasteiger partial charge is 0.317 e. The van der Waals surface area contributed by atoms with Crippen LogP contribution in [0, 0.1) is 0 Å². The van der Waals surface area contributed by atoms with Crippen LogP contribution in [0.25, 0.3) is 22.5 Å². The number of rotatable bonds is 16. The molecule has 3 aromatic rings. The molecule has 224 valence electrons. The van der Waals surface area contributed by atoms with Crippen molar-refractivity contribution in [2.24, 2.45) is 0 Å². The van der Waals surface area contributed by atoms with Crippen LogP contribution in [0.5, 0.6) is 0 Å². The fraction of sp³-hybridized carbons (Fsp3) is 0.429. The molecule has 0 saturated heterocycles. The molecule has 0 fully saturated rings. The zero-order valence-corrected chi connectivity index (χ0v) is 25.9. The molecule has 42 heavy (non-hydrogen) atoms. The molecule has 7 heteroatoms. The minimum Gasteiger partial charge on any atom is -0.332 e. The Labute approximate surface area is 255 Å². The Morgan fingerprint density at radius 1 is 0.952 bits per heavy atom. The highest BCUT2D eigenvalue weighted by molar-refractivity contribution is 7.99. The molecule has 5 nitrogen and oxygen atoms in total. The third-order valence-electron chi connectivity index (χ3n) is 7.68. The largest absolute Gasteiger partial charge is 0.332 e. The lowest BCUT2D eigenvalue weighted by Crippen LogP contribution is -2.46. The van der Waals surface area contributed by atoms with Crippen LogP contribution in [-0.4, -0.2) is 45.8 Å². The highest BCUT2D eigenvalue weighted by Gasteiger charge is 2.21. The first-order valence-electron chi connectivity index (χ1n) is 15.5. The lowest BCUT2D eigenvalue weighted by Gasteiger charge is -2.28. The van der Waals surface area contributed by atoms with E-state index in [2.05, 4.69) is 53.6 Å². The van der Waals surface area contributed by atoms with Gasteiger partial charge in [-0.05, 0) is 50.3 Å². The molecule has 1 heterocycles. The number of nitrogens with zero attached hydrogens (tertiary/aromatic N) is 2. The maximum Gasteiger partial charge on any atom is 0.317 e. The monoisotopic (exact) mass is 588 g/mol. The first-order valence-corrected chi connectivity index (χ1v) is 16.5. The highest BCUT2D eigenvalue weighted by atomic mass is 32.2. The number of unbranched alkanes of at least 4 members (excludes halogenated alkanes) is 6. The molecular weight excluding hydrogens is 543 g/mol. The van der Waals surface area contributed by atoms with Gasteiger partial charge >= 0.3 is 6.03 Å². The van der Waals surface area contributed by atoms with Crippen LogP contribution in [0.15, 0.2) is 89.4 Å². The third kappa shape index (κ3) is 9.62. The quantitative estimate of drug-likeness (QED) is 0.129. The fourth-order valence-corrected chi connectivity index (χ4v) is 6.09.